The molecule has 0 saturated carbocycles. The molecule has 0 radical (unpaired) electrons. The Labute approximate surface area is 150 Å². The summed E-state index contributed by atoms with van der Waals surface area (Å²) in [5.41, 5.74) is -0.806. The minimum atomic E-state index is -4.90. The fourth-order valence-electron chi connectivity index (χ4n) is 3.32. The number of carboxylic acid groups (broad SMARTS) is 1. The van der Waals surface area contributed by atoms with Crippen LogP contribution in [0, 0.1) is 6.92 Å². The zero-order valence-electron chi connectivity index (χ0n) is 14.2. The maximum absolute atomic E-state index is 13.6. The van der Waals surface area contributed by atoms with E-state index in [9.17, 15) is 18.0 Å². The molecule has 3 heterocycles. The molecule has 0 bridgehead atoms. The van der Waals surface area contributed by atoms with Crippen LogP contribution in [0.5, 0.6) is 0 Å². The van der Waals surface area contributed by atoms with Crippen LogP contribution in [-0.4, -0.2) is 46.8 Å². The summed E-state index contributed by atoms with van der Waals surface area (Å²) in [6.07, 6.45) is -3.54. The fraction of sp³-hybridized carbons (Fsp3) is 0.412. The second kappa shape index (κ2) is 6.24. The molecule has 1 N–H and O–H groups in total. The third-order valence-electron chi connectivity index (χ3n) is 4.46. The van der Waals surface area contributed by atoms with Gasteiger partial charge in [-0.15, -0.1) is 0 Å². The Balaban J connectivity index is 1.92. The van der Waals surface area contributed by atoms with Gasteiger partial charge in [0.05, 0.1) is 31.8 Å². The Morgan fingerprint density at radius 3 is 2.81 bits per heavy atom. The molecule has 0 amide bonds. The number of carboxylic acids is 1. The van der Waals surface area contributed by atoms with E-state index in [4.69, 9.17) is 19.0 Å². The van der Waals surface area contributed by atoms with E-state index in [1.54, 1.807) is 13.1 Å². The molecule has 7 nitrogen and oxygen atoms in total. The highest BCUT2D eigenvalue weighted by atomic mass is 19.4. The molecule has 1 saturated heterocycles. The third kappa shape index (κ3) is 3.04. The second-order valence-electron chi connectivity index (χ2n) is 6.36. The molecule has 27 heavy (non-hydrogen) atoms. The Kier molecular flexibility index (Phi) is 4.11. The first-order chi connectivity index (χ1) is 12.8. The van der Waals surface area contributed by atoms with Gasteiger partial charge in [-0.1, -0.05) is 0 Å². The summed E-state index contributed by atoms with van der Waals surface area (Å²) >= 11 is 0. The Morgan fingerprint density at radius 1 is 1.41 bits per heavy atom. The number of halogens is 3. The average molecular weight is 384 g/mol. The topological polar surface area (TPSA) is 86.7 Å². The monoisotopic (exact) mass is 384 g/mol. The van der Waals surface area contributed by atoms with Crippen molar-refractivity contribution in [3.63, 3.8) is 0 Å². The lowest BCUT2D eigenvalue weighted by Crippen LogP contribution is -2.32. The number of aryl methyl sites for hydroxylation is 1. The van der Waals surface area contributed by atoms with Crippen molar-refractivity contribution in [2.75, 3.05) is 19.8 Å². The highest BCUT2D eigenvalue weighted by Gasteiger charge is 2.42. The van der Waals surface area contributed by atoms with E-state index in [0.29, 0.717) is 37.3 Å². The summed E-state index contributed by atoms with van der Waals surface area (Å²) in [4.78, 5) is 11.3. The summed E-state index contributed by atoms with van der Waals surface area (Å²) in [6, 6.07) is 1.39. The number of rotatable bonds is 3. The molecular formula is C17H15F3N2O5. The zero-order valence-corrected chi connectivity index (χ0v) is 14.2. The van der Waals surface area contributed by atoms with E-state index >= 15 is 0 Å². The van der Waals surface area contributed by atoms with Crippen LogP contribution in [0.4, 0.5) is 13.2 Å². The number of fused-ring (bicyclic) bond motifs is 3. The lowest BCUT2D eigenvalue weighted by Gasteiger charge is -2.22. The number of hydrogen-bond acceptors (Lipinski definition) is 5. The molecule has 0 unspecified atom stereocenters. The molecule has 0 spiro atoms. The smallest absolute Gasteiger partial charge is 0.421 e. The van der Waals surface area contributed by atoms with Gasteiger partial charge in [-0.2, -0.15) is 18.3 Å². The standard InChI is InChI=1S/C17H15F3N2O5/c1-8-4-11-12(13(17(18,19)20)15(27-11)16(23)24)14-10(8)6-22(21-14)5-9-7-25-2-3-26-9/h4,6,9H,2-3,5,7H2,1H3,(H,23,24)/t9-/m0/s1. The van der Waals surface area contributed by atoms with E-state index in [1.807, 2.05) is 0 Å². The van der Waals surface area contributed by atoms with Gasteiger partial charge >= 0.3 is 12.1 Å². The maximum Gasteiger partial charge on any atom is 0.421 e. The Hall–Kier alpha value is -2.59. The van der Waals surface area contributed by atoms with E-state index in [-0.39, 0.29) is 22.6 Å². The van der Waals surface area contributed by atoms with Crippen LogP contribution in [0.25, 0.3) is 21.9 Å². The van der Waals surface area contributed by atoms with E-state index in [2.05, 4.69) is 5.10 Å². The molecule has 3 aromatic rings. The van der Waals surface area contributed by atoms with Crippen molar-refractivity contribution in [2.45, 2.75) is 25.7 Å². The number of benzene rings is 1. The number of furan rings is 1. The Bertz CT molecular complexity index is 1030. The second-order valence-corrected chi connectivity index (χ2v) is 6.36. The number of ether oxygens (including phenoxy) is 2. The van der Waals surface area contributed by atoms with Crippen LogP contribution in [0.3, 0.4) is 0 Å². The summed E-state index contributed by atoms with van der Waals surface area (Å²) in [5, 5.41) is 13.6. The molecule has 10 heteroatoms. The van der Waals surface area contributed by atoms with Crippen molar-refractivity contribution in [2.24, 2.45) is 0 Å². The Morgan fingerprint density at radius 2 is 2.19 bits per heavy atom. The quantitative estimate of drug-likeness (QED) is 0.746. The first-order valence-electron chi connectivity index (χ1n) is 8.19. The highest BCUT2D eigenvalue weighted by Crippen LogP contribution is 2.42. The van der Waals surface area contributed by atoms with Crippen molar-refractivity contribution in [1.29, 1.82) is 0 Å². The lowest BCUT2D eigenvalue weighted by molar-refractivity contribution is -0.137. The van der Waals surface area contributed by atoms with Crippen molar-refractivity contribution < 1.29 is 37.0 Å². The van der Waals surface area contributed by atoms with Gasteiger partial charge in [-0.3, -0.25) is 4.68 Å². The van der Waals surface area contributed by atoms with Gasteiger partial charge in [-0.05, 0) is 18.6 Å². The molecule has 4 rings (SSSR count). The largest absolute Gasteiger partial charge is 0.475 e. The average Bonchev–Trinajstić information content (AvgIpc) is 3.17. The normalized spacial score (nSPS) is 18.4. The molecule has 1 aliphatic heterocycles. The van der Waals surface area contributed by atoms with Gasteiger partial charge in [0, 0.05) is 11.6 Å². The summed E-state index contributed by atoms with van der Waals surface area (Å²) in [5.74, 6) is -2.92. The van der Waals surface area contributed by atoms with Gasteiger partial charge in [0.1, 0.15) is 22.8 Å². The van der Waals surface area contributed by atoms with Gasteiger partial charge in [0.25, 0.3) is 0 Å². The SMILES string of the molecule is Cc1cc2oc(C(=O)O)c(C(F)(F)F)c2c2nn(C[C@H]3COCCO3)cc12. The van der Waals surface area contributed by atoms with Crippen LogP contribution >= 0.6 is 0 Å². The predicted molar refractivity (Wildman–Crippen MR) is 86.8 cm³/mol. The van der Waals surface area contributed by atoms with Crippen LogP contribution < -0.4 is 0 Å². The minimum absolute atomic E-state index is 0.0466. The number of alkyl halides is 3. The number of carbonyl (C=O) groups is 1. The first kappa shape index (κ1) is 17.8. The molecule has 0 aliphatic carbocycles. The van der Waals surface area contributed by atoms with E-state index < -0.39 is 23.5 Å². The van der Waals surface area contributed by atoms with Crippen LogP contribution in [0.2, 0.25) is 0 Å². The highest BCUT2D eigenvalue weighted by molar-refractivity contribution is 6.09. The van der Waals surface area contributed by atoms with Crippen molar-refractivity contribution in [3.8, 4) is 0 Å². The van der Waals surface area contributed by atoms with Crippen molar-refractivity contribution >= 4 is 27.8 Å². The van der Waals surface area contributed by atoms with Crippen LogP contribution in [-0.2, 0) is 22.2 Å². The number of aromatic nitrogens is 2. The summed E-state index contributed by atoms with van der Waals surface area (Å²) < 4.78 is 58.1. The zero-order chi connectivity index (χ0) is 19.3. The lowest BCUT2D eigenvalue weighted by atomic mass is 10.0. The van der Waals surface area contributed by atoms with Gasteiger partial charge in [-0.25, -0.2) is 4.79 Å². The van der Waals surface area contributed by atoms with Crippen molar-refractivity contribution in [3.05, 3.63) is 29.2 Å². The predicted octanol–water partition coefficient (Wildman–Crippen LogP) is 3.22. The molecule has 1 aromatic carbocycles. The van der Waals surface area contributed by atoms with Gasteiger partial charge < -0.3 is 19.0 Å². The van der Waals surface area contributed by atoms with E-state index in [1.165, 1.54) is 10.7 Å². The van der Waals surface area contributed by atoms with Gasteiger partial charge in [0.15, 0.2) is 0 Å². The maximum atomic E-state index is 13.6. The molecule has 144 valence electrons. The number of aromatic carboxylic acids is 1. The number of nitrogens with zero attached hydrogens (tertiary/aromatic N) is 2. The summed E-state index contributed by atoms with van der Waals surface area (Å²) in [7, 11) is 0. The first-order valence-corrected chi connectivity index (χ1v) is 8.19. The van der Waals surface area contributed by atoms with Crippen molar-refractivity contribution in [1.82, 2.24) is 9.78 Å². The van der Waals surface area contributed by atoms with Gasteiger partial charge in [0.2, 0.25) is 5.76 Å². The van der Waals surface area contributed by atoms with Crippen LogP contribution in [0.1, 0.15) is 21.7 Å². The molecule has 1 aliphatic rings. The van der Waals surface area contributed by atoms with Crippen LogP contribution in [0.15, 0.2) is 16.7 Å². The van der Waals surface area contributed by atoms with E-state index in [0.717, 1.165) is 0 Å². The summed E-state index contributed by atoms with van der Waals surface area (Å²) in [6.45, 7) is 3.31. The fourth-order valence-corrected chi connectivity index (χ4v) is 3.32. The molecular weight excluding hydrogens is 369 g/mol. The molecule has 1 atom stereocenters. The molecule has 1 fully saturated rings. The molecule has 2 aromatic heterocycles. The minimum Gasteiger partial charge on any atom is -0.475 e. The third-order valence-corrected chi connectivity index (χ3v) is 4.46. The number of hydrogen-bond donors (Lipinski definition) is 1.